The van der Waals surface area contributed by atoms with E-state index in [1.165, 1.54) is 16.0 Å². The van der Waals surface area contributed by atoms with Gasteiger partial charge in [-0.25, -0.2) is 0 Å². The van der Waals surface area contributed by atoms with E-state index in [1.54, 1.807) is 11.3 Å². The van der Waals surface area contributed by atoms with E-state index in [0.717, 1.165) is 25.7 Å². The van der Waals surface area contributed by atoms with Crippen molar-refractivity contribution in [3.05, 3.63) is 52.0 Å². The van der Waals surface area contributed by atoms with Crippen LogP contribution in [0, 0.1) is 0 Å². The zero-order valence-corrected chi connectivity index (χ0v) is 11.1. The molecular formula is C15H17NOS. The summed E-state index contributed by atoms with van der Waals surface area (Å²) in [5, 5.41) is 9.97. The molecule has 94 valence electrons. The number of aliphatic hydroxyl groups is 1. The molecule has 1 aromatic heterocycles. The van der Waals surface area contributed by atoms with Gasteiger partial charge in [-0.05, 0) is 36.8 Å². The summed E-state index contributed by atoms with van der Waals surface area (Å²) in [6.45, 7) is 0.224. The quantitative estimate of drug-likeness (QED) is 0.919. The Kier molecular flexibility index (Phi) is 3.18. The molecule has 1 aliphatic rings. The fourth-order valence-corrected chi connectivity index (χ4v) is 3.81. The van der Waals surface area contributed by atoms with Crippen molar-refractivity contribution in [3.63, 3.8) is 0 Å². The van der Waals surface area contributed by atoms with E-state index >= 15 is 0 Å². The molecule has 0 radical (unpaired) electrons. The zero-order chi connectivity index (χ0) is 12.4. The highest BCUT2D eigenvalue weighted by Gasteiger charge is 2.36. The second kappa shape index (κ2) is 4.82. The summed E-state index contributed by atoms with van der Waals surface area (Å²) < 4.78 is 0. The van der Waals surface area contributed by atoms with Crippen LogP contribution >= 0.6 is 11.3 Å². The summed E-state index contributed by atoms with van der Waals surface area (Å²) in [6.07, 6.45) is 6.21. The summed E-state index contributed by atoms with van der Waals surface area (Å²) in [5.74, 6) is 0. The number of aromatic nitrogens is 1. The predicted molar refractivity (Wildman–Crippen MR) is 74.0 cm³/mol. The van der Waals surface area contributed by atoms with Gasteiger partial charge in [-0.3, -0.25) is 4.98 Å². The molecule has 1 heterocycles. The highest BCUT2D eigenvalue weighted by molar-refractivity contribution is 7.09. The molecule has 3 heteroatoms. The van der Waals surface area contributed by atoms with Crippen LogP contribution in [0.2, 0.25) is 0 Å². The molecular weight excluding hydrogens is 242 g/mol. The number of hydrogen-bond donors (Lipinski definition) is 1. The summed E-state index contributed by atoms with van der Waals surface area (Å²) in [4.78, 5) is 5.41. The number of benzene rings is 1. The molecule has 0 aliphatic heterocycles. The number of nitrogens with zero attached hydrogens (tertiary/aromatic N) is 1. The van der Waals surface area contributed by atoms with Gasteiger partial charge in [-0.1, -0.05) is 24.3 Å². The molecule has 0 saturated heterocycles. The third kappa shape index (κ3) is 1.98. The lowest BCUT2D eigenvalue weighted by Gasteiger charge is -2.37. The summed E-state index contributed by atoms with van der Waals surface area (Å²) in [5.41, 5.74) is 4.52. The molecule has 3 rings (SSSR count). The Morgan fingerprint density at radius 2 is 2.22 bits per heavy atom. The van der Waals surface area contributed by atoms with E-state index in [-0.39, 0.29) is 12.0 Å². The minimum atomic E-state index is -0.0959. The van der Waals surface area contributed by atoms with Crippen LogP contribution in [-0.4, -0.2) is 16.7 Å². The van der Waals surface area contributed by atoms with E-state index in [1.807, 2.05) is 11.7 Å². The number of aryl methyl sites for hydroxylation is 1. The maximum Gasteiger partial charge on any atom is 0.0794 e. The fraction of sp³-hybridized carbons (Fsp3) is 0.400. The van der Waals surface area contributed by atoms with Crippen molar-refractivity contribution >= 4 is 11.3 Å². The van der Waals surface area contributed by atoms with E-state index < -0.39 is 0 Å². The molecule has 1 N–H and O–H groups in total. The van der Waals surface area contributed by atoms with Gasteiger partial charge in [0.25, 0.3) is 0 Å². The van der Waals surface area contributed by atoms with Gasteiger partial charge < -0.3 is 5.11 Å². The molecule has 2 nitrogen and oxygen atoms in total. The molecule has 0 saturated carbocycles. The lowest BCUT2D eigenvalue weighted by molar-refractivity contribution is 0.174. The van der Waals surface area contributed by atoms with E-state index in [4.69, 9.17) is 0 Å². The largest absolute Gasteiger partial charge is 0.395 e. The van der Waals surface area contributed by atoms with Crippen LogP contribution in [0.3, 0.4) is 0 Å². The lowest BCUT2D eigenvalue weighted by Crippen LogP contribution is -2.36. The molecule has 2 aromatic rings. The van der Waals surface area contributed by atoms with E-state index in [2.05, 4.69) is 29.2 Å². The first kappa shape index (κ1) is 11.9. The normalized spacial score (nSPS) is 22.7. The highest BCUT2D eigenvalue weighted by Crippen LogP contribution is 2.40. The number of thiazole rings is 1. The maximum atomic E-state index is 9.97. The minimum Gasteiger partial charge on any atom is -0.395 e. The molecule has 18 heavy (non-hydrogen) atoms. The first-order valence-corrected chi connectivity index (χ1v) is 7.29. The van der Waals surface area contributed by atoms with Crippen LogP contribution in [0.5, 0.6) is 0 Å². The molecule has 0 fully saturated rings. The second-order valence-corrected chi connectivity index (χ2v) is 6.06. The summed E-state index contributed by atoms with van der Waals surface area (Å²) in [6, 6.07) is 8.57. The summed E-state index contributed by atoms with van der Waals surface area (Å²) >= 11 is 1.68. The smallest absolute Gasteiger partial charge is 0.0794 e. The zero-order valence-electron chi connectivity index (χ0n) is 10.3. The topological polar surface area (TPSA) is 33.1 Å². The second-order valence-electron chi connectivity index (χ2n) is 5.09. The van der Waals surface area contributed by atoms with Gasteiger partial charge in [-0.15, -0.1) is 11.3 Å². The van der Waals surface area contributed by atoms with Gasteiger partial charge in [0.2, 0.25) is 0 Å². The average Bonchev–Trinajstić information content (AvgIpc) is 2.92. The Morgan fingerprint density at radius 1 is 1.33 bits per heavy atom. The molecule has 0 amide bonds. The molecule has 1 atom stereocenters. The van der Waals surface area contributed by atoms with Crippen molar-refractivity contribution in [2.24, 2.45) is 0 Å². The molecule has 1 unspecified atom stereocenters. The van der Waals surface area contributed by atoms with Crippen molar-refractivity contribution in [1.29, 1.82) is 0 Å². The molecule has 0 spiro atoms. The number of rotatable bonds is 3. The van der Waals surface area contributed by atoms with Crippen LogP contribution in [0.4, 0.5) is 0 Å². The molecule has 1 aromatic carbocycles. The van der Waals surface area contributed by atoms with Crippen molar-refractivity contribution < 1.29 is 5.11 Å². The molecule has 1 aliphatic carbocycles. The SMILES string of the molecule is OCC1(Cc2cncs2)CCCc2ccccc21. The predicted octanol–water partition coefficient (Wildman–Crippen LogP) is 2.95. The standard InChI is InChI=1S/C15H17NOS/c17-10-15(8-13-9-16-11-18-13)7-3-5-12-4-1-2-6-14(12)15/h1-2,4,6,9,11,17H,3,5,7-8,10H2. The third-order valence-corrected chi connectivity index (χ3v) is 4.77. The Labute approximate surface area is 111 Å². The Bertz CT molecular complexity index is 523. The lowest BCUT2D eigenvalue weighted by atomic mass is 9.68. The van der Waals surface area contributed by atoms with Crippen LogP contribution in [0.15, 0.2) is 36.0 Å². The van der Waals surface area contributed by atoms with E-state index in [0.29, 0.717) is 0 Å². The van der Waals surface area contributed by atoms with Crippen molar-refractivity contribution in [1.82, 2.24) is 4.98 Å². The summed E-state index contributed by atoms with van der Waals surface area (Å²) in [7, 11) is 0. The van der Waals surface area contributed by atoms with E-state index in [9.17, 15) is 5.11 Å². The van der Waals surface area contributed by atoms with Crippen LogP contribution in [0.1, 0.15) is 28.8 Å². The van der Waals surface area contributed by atoms with Gasteiger partial charge in [0.05, 0.1) is 12.1 Å². The van der Waals surface area contributed by atoms with Crippen molar-refractivity contribution in [3.8, 4) is 0 Å². The minimum absolute atomic E-state index is 0.0959. The first-order chi connectivity index (χ1) is 8.84. The average molecular weight is 259 g/mol. The van der Waals surface area contributed by atoms with Gasteiger partial charge in [0, 0.05) is 16.5 Å². The monoisotopic (exact) mass is 259 g/mol. The van der Waals surface area contributed by atoms with Gasteiger partial charge in [0.1, 0.15) is 0 Å². The fourth-order valence-electron chi connectivity index (χ4n) is 3.07. The third-order valence-electron chi connectivity index (χ3n) is 3.99. The van der Waals surface area contributed by atoms with Crippen LogP contribution < -0.4 is 0 Å². The Hall–Kier alpha value is -1.19. The maximum absolute atomic E-state index is 9.97. The van der Waals surface area contributed by atoms with Gasteiger partial charge >= 0.3 is 0 Å². The molecule has 0 bridgehead atoms. The number of hydrogen-bond acceptors (Lipinski definition) is 3. The van der Waals surface area contributed by atoms with Gasteiger partial charge in [0.15, 0.2) is 0 Å². The number of fused-ring (bicyclic) bond motifs is 1. The van der Waals surface area contributed by atoms with Crippen molar-refractivity contribution in [2.75, 3.05) is 6.61 Å². The number of aliphatic hydroxyl groups excluding tert-OH is 1. The van der Waals surface area contributed by atoms with Crippen LogP contribution in [0.25, 0.3) is 0 Å². The Morgan fingerprint density at radius 3 is 3.00 bits per heavy atom. The van der Waals surface area contributed by atoms with Crippen molar-refractivity contribution in [2.45, 2.75) is 31.1 Å². The first-order valence-electron chi connectivity index (χ1n) is 6.41. The Balaban J connectivity index is 2.02. The van der Waals surface area contributed by atoms with Gasteiger partial charge in [-0.2, -0.15) is 0 Å². The van der Waals surface area contributed by atoms with Crippen LogP contribution in [-0.2, 0) is 18.3 Å². The highest BCUT2D eigenvalue weighted by atomic mass is 32.1.